The number of anilines is 1. The number of rotatable bonds is 4. The molecule has 3 N–H and O–H groups in total. The normalized spacial score (nSPS) is 11.2. The van der Waals surface area contributed by atoms with Crippen LogP contribution in [-0.2, 0) is 4.79 Å². The molecule has 4 heteroatoms. The van der Waals surface area contributed by atoms with Gasteiger partial charge in [0.1, 0.15) is 0 Å². The van der Waals surface area contributed by atoms with E-state index in [1.807, 2.05) is 36.5 Å². The highest BCUT2D eigenvalue weighted by molar-refractivity contribution is 5.97. The van der Waals surface area contributed by atoms with Crippen LogP contribution in [0.4, 0.5) is 5.69 Å². The van der Waals surface area contributed by atoms with Crippen molar-refractivity contribution in [2.75, 3.05) is 19.8 Å². The van der Waals surface area contributed by atoms with E-state index < -0.39 is 0 Å². The lowest BCUT2D eigenvalue weighted by molar-refractivity contribution is -0.123. The second kappa shape index (κ2) is 7.68. The van der Waals surface area contributed by atoms with Gasteiger partial charge >= 0.3 is 0 Å². The molecule has 0 unspecified atom stereocenters. The standard InChI is InChI=1S/C25H23N3O/c1-28(2)24(29)13-11-18-16-19(21-8-5-6-17-14-15-27-25(17)21)10-12-20(18)22-7-3-4-9-23(22)26/h3-16,27H,26H2,1-2H3/b13-11+. The Morgan fingerprint density at radius 1 is 0.931 bits per heavy atom. The van der Waals surface area contributed by atoms with Crippen LogP contribution in [0.25, 0.3) is 39.2 Å². The molecule has 4 aromatic rings. The Hall–Kier alpha value is -3.79. The minimum absolute atomic E-state index is 0.0612. The number of nitrogens with zero attached hydrogens (tertiary/aromatic N) is 1. The predicted molar refractivity (Wildman–Crippen MR) is 121 cm³/mol. The van der Waals surface area contributed by atoms with Crippen molar-refractivity contribution in [1.82, 2.24) is 9.88 Å². The number of likely N-dealkylation sites (N-methyl/N-ethyl adjacent to an activating group) is 1. The van der Waals surface area contributed by atoms with Gasteiger partial charge in [-0.3, -0.25) is 4.79 Å². The van der Waals surface area contributed by atoms with Crippen molar-refractivity contribution in [3.05, 3.63) is 84.6 Å². The summed E-state index contributed by atoms with van der Waals surface area (Å²) in [5.74, 6) is -0.0612. The summed E-state index contributed by atoms with van der Waals surface area (Å²) in [4.78, 5) is 17.0. The quantitative estimate of drug-likeness (QED) is 0.378. The highest BCUT2D eigenvalue weighted by Gasteiger charge is 2.11. The zero-order valence-electron chi connectivity index (χ0n) is 16.5. The fourth-order valence-corrected chi connectivity index (χ4v) is 3.49. The lowest BCUT2D eigenvalue weighted by atomic mass is 9.93. The number of aromatic amines is 1. The van der Waals surface area contributed by atoms with Crippen LogP contribution in [0.1, 0.15) is 5.56 Å². The average Bonchev–Trinajstić information content (AvgIpc) is 3.21. The molecule has 0 aliphatic rings. The van der Waals surface area contributed by atoms with Gasteiger partial charge in [-0.25, -0.2) is 0 Å². The lowest BCUT2D eigenvalue weighted by Gasteiger charge is -2.13. The number of fused-ring (bicyclic) bond motifs is 1. The van der Waals surface area contributed by atoms with E-state index in [9.17, 15) is 4.79 Å². The van der Waals surface area contributed by atoms with E-state index in [-0.39, 0.29) is 5.91 Å². The number of benzene rings is 3. The highest BCUT2D eigenvalue weighted by atomic mass is 16.2. The molecule has 4 nitrogen and oxygen atoms in total. The van der Waals surface area contributed by atoms with Crippen molar-refractivity contribution >= 4 is 28.6 Å². The third-order valence-corrected chi connectivity index (χ3v) is 5.05. The molecular weight excluding hydrogens is 358 g/mol. The number of nitrogen functional groups attached to an aromatic ring is 1. The maximum absolute atomic E-state index is 12.1. The van der Waals surface area contributed by atoms with E-state index in [1.54, 1.807) is 25.1 Å². The Morgan fingerprint density at radius 3 is 2.52 bits per heavy atom. The topological polar surface area (TPSA) is 62.1 Å². The number of carbonyl (C=O) groups excluding carboxylic acids is 1. The maximum Gasteiger partial charge on any atom is 0.246 e. The maximum atomic E-state index is 12.1. The van der Waals surface area contributed by atoms with Gasteiger partial charge in [-0.1, -0.05) is 48.5 Å². The minimum Gasteiger partial charge on any atom is -0.398 e. The molecule has 1 amide bonds. The predicted octanol–water partition coefficient (Wildman–Crippen LogP) is 5.19. The van der Waals surface area contributed by atoms with E-state index in [1.165, 1.54) is 5.39 Å². The van der Waals surface area contributed by atoms with Gasteiger partial charge in [0.25, 0.3) is 0 Å². The largest absolute Gasteiger partial charge is 0.398 e. The average molecular weight is 381 g/mol. The van der Waals surface area contributed by atoms with Gasteiger partial charge in [-0.05, 0) is 46.4 Å². The Balaban J connectivity index is 1.88. The first-order chi connectivity index (χ1) is 14.0. The molecule has 0 aliphatic carbocycles. The lowest BCUT2D eigenvalue weighted by Crippen LogP contribution is -2.18. The van der Waals surface area contributed by atoms with Gasteiger partial charge in [-0.15, -0.1) is 0 Å². The van der Waals surface area contributed by atoms with Crippen LogP contribution in [0.3, 0.4) is 0 Å². The molecule has 144 valence electrons. The molecule has 0 atom stereocenters. The summed E-state index contributed by atoms with van der Waals surface area (Å²) in [7, 11) is 3.48. The zero-order valence-corrected chi connectivity index (χ0v) is 16.5. The molecule has 4 rings (SSSR count). The van der Waals surface area contributed by atoms with E-state index in [0.717, 1.165) is 33.3 Å². The number of hydrogen-bond acceptors (Lipinski definition) is 2. The fourth-order valence-electron chi connectivity index (χ4n) is 3.49. The van der Waals surface area contributed by atoms with E-state index in [0.29, 0.717) is 5.69 Å². The zero-order chi connectivity index (χ0) is 20.4. The molecule has 0 fully saturated rings. The summed E-state index contributed by atoms with van der Waals surface area (Å²) in [6.45, 7) is 0. The Kier molecular flexibility index (Phi) is 4.92. The van der Waals surface area contributed by atoms with Crippen molar-refractivity contribution in [2.45, 2.75) is 0 Å². The van der Waals surface area contributed by atoms with Crippen molar-refractivity contribution in [3.8, 4) is 22.3 Å². The van der Waals surface area contributed by atoms with Crippen molar-refractivity contribution in [3.63, 3.8) is 0 Å². The number of nitrogens with one attached hydrogen (secondary N) is 1. The van der Waals surface area contributed by atoms with Crippen molar-refractivity contribution < 1.29 is 4.79 Å². The van der Waals surface area contributed by atoms with Crippen LogP contribution in [0.5, 0.6) is 0 Å². The number of H-pyrrole nitrogens is 1. The number of para-hydroxylation sites is 2. The van der Waals surface area contributed by atoms with Gasteiger partial charge < -0.3 is 15.6 Å². The summed E-state index contributed by atoms with van der Waals surface area (Å²) >= 11 is 0. The first-order valence-corrected chi connectivity index (χ1v) is 9.49. The second-order valence-corrected chi connectivity index (χ2v) is 7.20. The summed E-state index contributed by atoms with van der Waals surface area (Å²) in [6.07, 6.45) is 5.41. The summed E-state index contributed by atoms with van der Waals surface area (Å²) in [5, 5.41) is 1.17. The minimum atomic E-state index is -0.0612. The molecule has 3 aromatic carbocycles. The van der Waals surface area contributed by atoms with Crippen molar-refractivity contribution in [2.24, 2.45) is 0 Å². The van der Waals surface area contributed by atoms with Crippen LogP contribution < -0.4 is 5.73 Å². The number of carbonyl (C=O) groups is 1. The summed E-state index contributed by atoms with van der Waals surface area (Å²) < 4.78 is 0. The SMILES string of the molecule is CN(C)C(=O)/C=C/c1cc(-c2cccc3cc[nH]c23)ccc1-c1ccccc1N. The smallest absolute Gasteiger partial charge is 0.246 e. The number of nitrogens with two attached hydrogens (primary N) is 1. The van der Waals surface area contributed by atoms with Gasteiger partial charge in [-0.2, -0.15) is 0 Å². The first kappa shape index (κ1) is 18.6. The van der Waals surface area contributed by atoms with Gasteiger partial charge in [0.15, 0.2) is 0 Å². The Bertz CT molecular complexity index is 1220. The van der Waals surface area contributed by atoms with Crippen LogP contribution in [0, 0.1) is 0 Å². The third-order valence-electron chi connectivity index (χ3n) is 5.05. The van der Waals surface area contributed by atoms with E-state index in [4.69, 9.17) is 5.73 Å². The highest BCUT2D eigenvalue weighted by Crippen LogP contribution is 2.35. The third kappa shape index (κ3) is 3.65. The number of aromatic nitrogens is 1. The summed E-state index contributed by atoms with van der Waals surface area (Å²) in [5.41, 5.74) is 13.1. The van der Waals surface area contributed by atoms with E-state index in [2.05, 4.69) is 47.4 Å². The van der Waals surface area contributed by atoms with Gasteiger partial charge in [0, 0.05) is 43.2 Å². The molecule has 0 bridgehead atoms. The van der Waals surface area contributed by atoms with Crippen LogP contribution >= 0.6 is 0 Å². The molecule has 0 radical (unpaired) electrons. The monoisotopic (exact) mass is 381 g/mol. The van der Waals surface area contributed by atoms with Gasteiger partial charge in [0.05, 0.1) is 5.52 Å². The van der Waals surface area contributed by atoms with Crippen LogP contribution in [-0.4, -0.2) is 29.9 Å². The second-order valence-electron chi connectivity index (χ2n) is 7.20. The Morgan fingerprint density at radius 2 is 1.72 bits per heavy atom. The molecular formula is C25H23N3O. The summed E-state index contributed by atoms with van der Waals surface area (Å²) in [6, 6.07) is 22.4. The fraction of sp³-hybridized carbons (Fsp3) is 0.0800. The molecule has 0 saturated heterocycles. The molecule has 0 saturated carbocycles. The van der Waals surface area contributed by atoms with Crippen LogP contribution in [0.2, 0.25) is 0 Å². The number of amides is 1. The van der Waals surface area contributed by atoms with E-state index >= 15 is 0 Å². The molecule has 0 aliphatic heterocycles. The van der Waals surface area contributed by atoms with Crippen molar-refractivity contribution in [1.29, 1.82) is 0 Å². The molecule has 29 heavy (non-hydrogen) atoms. The first-order valence-electron chi connectivity index (χ1n) is 9.49. The molecule has 1 aromatic heterocycles. The van der Waals surface area contributed by atoms with Gasteiger partial charge in [0.2, 0.25) is 5.91 Å². The molecule has 1 heterocycles. The molecule has 0 spiro atoms. The number of hydrogen-bond donors (Lipinski definition) is 2. The van der Waals surface area contributed by atoms with Crippen LogP contribution in [0.15, 0.2) is 79.0 Å². The Labute approximate surface area is 170 Å².